The molecule has 118 valence electrons. The zero-order valence-electron chi connectivity index (χ0n) is 11.9. The van der Waals surface area contributed by atoms with Crippen molar-refractivity contribution in [2.45, 2.75) is 0 Å². The number of carbonyl (C=O) groups is 1. The molecule has 4 aromatic rings. The molecule has 0 amide bonds. The first-order valence-electron chi connectivity index (χ1n) is 6.82. The first-order chi connectivity index (χ1) is 11.5. The van der Waals surface area contributed by atoms with Gasteiger partial charge in [0.15, 0.2) is 5.01 Å². The van der Waals surface area contributed by atoms with Crippen LogP contribution >= 0.6 is 34.5 Å². The van der Waals surface area contributed by atoms with E-state index in [1.807, 2.05) is 0 Å². The average molecular weight is 376 g/mol. The summed E-state index contributed by atoms with van der Waals surface area (Å²) in [5.41, 5.74) is 0.600. The Morgan fingerprint density at radius 1 is 1.04 bits per heavy atom. The number of hydrogen-bond donors (Lipinski definition) is 0. The lowest BCUT2D eigenvalue weighted by Crippen LogP contribution is -2.09. The van der Waals surface area contributed by atoms with Gasteiger partial charge in [-0.15, -0.1) is 0 Å². The van der Waals surface area contributed by atoms with Crippen molar-refractivity contribution in [1.82, 2.24) is 14.6 Å². The number of hydrogen-bond acceptors (Lipinski definition) is 5. The van der Waals surface area contributed by atoms with Crippen molar-refractivity contribution in [1.29, 1.82) is 0 Å². The van der Waals surface area contributed by atoms with Crippen molar-refractivity contribution in [3.63, 3.8) is 0 Å². The summed E-state index contributed by atoms with van der Waals surface area (Å²) in [5.74, 6) is -0.259. The molecule has 0 saturated carbocycles. The summed E-state index contributed by atoms with van der Waals surface area (Å²) in [6, 6.07) is 11.4. The van der Waals surface area contributed by atoms with Crippen LogP contribution in [0.4, 0.5) is 0 Å². The lowest BCUT2D eigenvalue weighted by Gasteiger charge is -1.99. The number of fused-ring (bicyclic) bond motifs is 3. The van der Waals surface area contributed by atoms with E-state index in [1.54, 1.807) is 42.5 Å². The van der Waals surface area contributed by atoms with Crippen molar-refractivity contribution < 1.29 is 4.79 Å². The predicted molar refractivity (Wildman–Crippen MR) is 94.5 cm³/mol. The molecule has 4 rings (SSSR count). The number of nitrogens with zero attached hydrogens (tertiary/aromatic N) is 3. The minimum absolute atomic E-state index is 0.233. The molecule has 2 aromatic carbocycles. The molecule has 8 heteroatoms. The molecule has 0 saturated heterocycles. The van der Waals surface area contributed by atoms with Gasteiger partial charge in [0, 0.05) is 15.6 Å². The fourth-order valence-corrected chi connectivity index (χ4v) is 3.49. The molecule has 0 aliphatic rings. The van der Waals surface area contributed by atoms with Gasteiger partial charge in [0.05, 0.1) is 10.9 Å². The molecule has 2 aromatic heterocycles. The van der Waals surface area contributed by atoms with E-state index in [2.05, 4.69) is 10.1 Å². The molecule has 0 N–H and O–H groups in total. The monoisotopic (exact) mass is 375 g/mol. The summed E-state index contributed by atoms with van der Waals surface area (Å²) >= 11 is 12.9. The molecular weight excluding hydrogens is 369 g/mol. The van der Waals surface area contributed by atoms with Crippen LogP contribution in [0.1, 0.15) is 15.4 Å². The zero-order valence-corrected chi connectivity index (χ0v) is 14.2. The van der Waals surface area contributed by atoms with Gasteiger partial charge in [0.25, 0.3) is 5.56 Å². The fraction of sp³-hybridized carbons (Fsp3) is 0. The molecule has 0 spiro atoms. The van der Waals surface area contributed by atoms with Gasteiger partial charge in [-0.25, -0.2) is 4.52 Å². The summed E-state index contributed by atoms with van der Waals surface area (Å²) in [6.45, 7) is 0. The maximum atomic E-state index is 12.6. The first kappa shape index (κ1) is 15.3. The third kappa shape index (κ3) is 2.49. The number of halogens is 2. The second-order valence-electron chi connectivity index (χ2n) is 5.02. The van der Waals surface area contributed by atoms with E-state index < -0.39 is 0 Å². The van der Waals surface area contributed by atoms with Gasteiger partial charge in [-0.1, -0.05) is 34.5 Å². The summed E-state index contributed by atoms with van der Waals surface area (Å²) in [5, 5.41) is 5.96. The van der Waals surface area contributed by atoms with E-state index in [4.69, 9.17) is 23.2 Å². The third-order valence-corrected chi connectivity index (χ3v) is 4.87. The molecule has 0 aliphatic heterocycles. The highest BCUT2D eigenvalue weighted by Crippen LogP contribution is 2.22. The van der Waals surface area contributed by atoms with Crippen LogP contribution in [0.3, 0.4) is 0 Å². The Morgan fingerprint density at radius 3 is 2.50 bits per heavy atom. The lowest BCUT2D eigenvalue weighted by atomic mass is 10.1. The number of benzene rings is 2. The smallest absolute Gasteiger partial charge is 0.281 e. The SMILES string of the molecule is O=C(c1ccc(Cl)cc1)c1nn2c(nc(=O)c3ccc(Cl)cc32)s1. The standard InChI is InChI=1S/C16H7Cl2N3O2S/c17-9-3-1-8(2-4-9)13(22)15-20-21-12-7-10(18)5-6-11(12)14(23)19-16(21)24-15/h1-7H. The number of aromatic nitrogens is 3. The second-order valence-corrected chi connectivity index (χ2v) is 6.84. The highest BCUT2D eigenvalue weighted by atomic mass is 35.5. The number of rotatable bonds is 2. The van der Waals surface area contributed by atoms with Crippen LogP contribution in [0.25, 0.3) is 15.9 Å². The Hall–Kier alpha value is -2.28. The van der Waals surface area contributed by atoms with Gasteiger partial charge < -0.3 is 0 Å². The Morgan fingerprint density at radius 2 is 1.75 bits per heavy atom. The average Bonchev–Trinajstić information content (AvgIpc) is 2.99. The minimum atomic E-state index is -0.379. The van der Waals surface area contributed by atoms with Crippen molar-refractivity contribution in [3.8, 4) is 0 Å². The van der Waals surface area contributed by atoms with Gasteiger partial charge in [0.2, 0.25) is 10.7 Å². The van der Waals surface area contributed by atoms with E-state index in [9.17, 15) is 9.59 Å². The van der Waals surface area contributed by atoms with Crippen LogP contribution in [-0.2, 0) is 0 Å². The van der Waals surface area contributed by atoms with Gasteiger partial charge in [-0.2, -0.15) is 10.1 Å². The summed E-state index contributed by atoms with van der Waals surface area (Å²) in [7, 11) is 0. The highest BCUT2D eigenvalue weighted by molar-refractivity contribution is 7.18. The largest absolute Gasteiger partial charge is 0.286 e. The molecule has 0 fully saturated rings. The van der Waals surface area contributed by atoms with E-state index in [1.165, 1.54) is 4.52 Å². The number of carbonyl (C=O) groups excluding carboxylic acids is 1. The molecule has 5 nitrogen and oxygen atoms in total. The van der Waals surface area contributed by atoms with Crippen LogP contribution in [0.15, 0.2) is 47.3 Å². The predicted octanol–water partition coefficient (Wildman–Crippen LogP) is 3.84. The van der Waals surface area contributed by atoms with E-state index in [0.29, 0.717) is 31.5 Å². The molecular formula is C16H7Cl2N3O2S. The van der Waals surface area contributed by atoms with Crippen LogP contribution in [0.2, 0.25) is 10.0 Å². The molecule has 0 bridgehead atoms. The van der Waals surface area contributed by atoms with Crippen molar-refractivity contribution >= 4 is 56.2 Å². The summed E-state index contributed by atoms with van der Waals surface area (Å²) in [4.78, 5) is 29.0. The molecule has 0 unspecified atom stereocenters. The molecule has 2 heterocycles. The zero-order chi connectivity index (χ0) is 16.8. The molecule has 0 atom stereocenters. The first-order valence-corrected chi connectivity index (χ1v) is 8.39. The topological polar surface area (TPSA) is 64.3 Å². The quantitative estimate of drug-likeness (QED) is 0.499. The van der Waals surface area contributed by atoms with Crippen LogP contribution in [-0.4, -0.2) is 20.4 Å². The van der Waals surface area contributed by atoms with Gasteiger partial charge in [-0.3, -0.25) is 9.59 Å². The number of ketones is 1. The van der Waals surface area contributed by atoms with Crippen molar-refractivity contribution in [3.05, 3.63) is 73.4 Å². The Labute approximate surface area is 149 Å². The van der Waals surface area contributed by atoms with E-state index in [-0.39, 0.29) is 16.4 Å². The van der Waals surface area contributed by atoms with Crippen LogP contribution in [0, 0.1) is 0 Å². The highest BCUT2D eigenvalue weighted by Gasteiger charge is 2.17. The fourth-order valence-electron chi connectivity index (χ4n) is 2.34. The van der Waals surface area contributed by atoms with Crippen molar-refractivity contribution in [2.24, 2.45) is 0 Å². The normalized spacial score (nSPS) is 11.2. The molecule has 0 radical (unpaired) electrons. The van der Waals surface area contributed by atoms with Gasteiger partial charge >= 0.3 is 0 Å². The summed E-state index contributed by atoms with van der Waals surface area (Å²) in [6.07, 6.45) is 0. The second kappa shape index (κ2) is 5.66. The van der Waals surface area contributed by atoms with Crippen molar-refractivity contribution in [2.75, 3.05) is 0 Å². The Bertz CT molecular complexity index is 1170. The summed E-state index contributed by atoms with van der Waals surface area (Å²) < 4.78 is 1.47. The van der Waals surface area contributed by atoms with Gasteiger partial charge in [-0.05, 0) is 42.5 Å². The van der Waals surface area contributed by atoms with E-state index >= 15 is 0 Å². The van der Waals surface area contributed by atoms with Crippen LogP contribution < -0.4 is 5.56 Å². The maximum absolute atomic E-state index is 12.6. The van der Waals surface area contributed by atoms with E-state index in [0.717, 1.165) is 11.3 Å². The Balaban J connectivity index is 1.93. The lowest BCUT2D eigenvalue weighted by molar-refractivity contribution is 0.103. The molecule has 0 aliphatic carbocycles. The molecule has 24 heavy (non-hydrogen) atoms. The van der Waals surface area contributed by atoms with Crippen LogP contribution in [0.5, 0.6) is 0 Å². The Kier molecular flexibility index (Phi) is 3.60. The third-order valence-electron chi connectivity index (χ3n) is 3.48. The minimum Gasteiger partial charge on any atom is -0.286 e. The maximum Gasteiger partial charge on any atom is 0.281 e. The van der Waals surface area contributed by atoms with Gasteiger partial charge in [0.1, 0.15) is 0 Å².